The normalized spacial score (nSPS) is 16.6. The minimum Gasteiger partial charge on any atom is -0.303 e. The van der Waals surface area contributed by atoms with Gasteiger partial charge in [0, 0.05) is 12.6 Å². The Hall–Kier alpha value is -1.22. The summed E-state index contributed by atoms with van der Waals surface area (Å²) in [5.74, 6) is 0. The molecule has 1 fully saturated rings. The molecule has 0 spiro atoms. The summed E-state index contributed by atoms with van der Waals surface area (Å²) in [6.45, 7) is 7.50. The highest BCUT2D eigenvalue weighted by Gasteiger charge is 2.17. The van der Waals surface area contributed by atoms with Gasteiger partial charge in [0.15, 0.2) is 0 Å². The van der Waals surface area contributed by atoms with Crippen LogP contribution in [0.15, 0.2) is 27.9 Å². The van der Waals surface area contributed by atoms with Gasteiger partial charge >= 0.3 is 4.87 Å². The predicted octanol–water partition coefficient (Wildman–Crippen LogP) is 2.80. The zero-order chi connectivity index (χ0) is 18.7. The van der Waals surface area contributed by atoms with Crippen molar-refractivity contribution < 1.29 is 8.42 Å². The monoisotopic (exact) mass is 397 g/mol. The third-order valence-corrected chi connectivity index (χ3v) is 7.18. The molecule has 0 bridgehead atoms. The summed E-state index contributed by atoms with van der Waals surface area (Å²) in [7, 11) is -3.55. The third-order valence-electron chi connectivity index (χ3n) is 4.80. The average Bonchev–Trinajstić information content (AvgIpc) is 2.94. The molecule has 8 heteroatoms. The number of rotatable bonds is 7. The maximum Gasteiger partial charge on any atom is 0.308 e. The average molecular weight is 398 g/mol. The van der Waals surface area contributed by atoms with Crippen LogP contribution in [0.25, 0.3) is 10.2 Å². The van der Waals surface area contributed by atoms with Gasteiger partial charge in [-0.05, 0) is 70.9 Å². The van der Waals surface area contributed by atoms with Crippen molar-refractivity contribution in [2.75, 3.05) is 26.2 Å². The van der Waals surface area contributed by atoms with E-state index in [4.69, 9.17) is 0 Å². The lowest BCUT2D eigenvalue weighted by Gasteiger charge is -2.26. The molecule has 0 saturated carbocycles. The van der Waals surface area contributed by atoms with E-state index in [-0.39, 0.29) is 15.8 Å². The Morgan fingerprint density at radius 1 is 1.19 bits per heavy atom. The number of piperidine rings is 1. The van der Waals surface area contributed by atoms with Crippen molar-refractivity contribution in [2.24, 2.45) is 0 Å². The summed E-state index contributed by atoms with van der Waals surface area (Å²) in [5.41, 5.74) is 0.791. The molecule has 1 aromatic heterocycles. The predicted molar refractivity (Wildman–Crippen MR) is 107 cm³/mol. The lowest BCUT2D eigenvalue weighted by atomic mass is 10.1. The van der Waals surface area contributed by atoms with E-state index in [1.807, 2.05) is 13.8 Å². The number of aromatic nitrogens is 1. The van der Waals surface area contributed by atoms with Crippen LogP contribution in [0.2, 0.25) is 0 Å². The van der Waals surface area contributed by atoms with Crippen molar-refractivity contribution in [1.29, 1.82) is 0 Å². The van der Waals surface area contributed by atoms with Crippen molar-refractivity contribution >= 4 is 31.6 Å². The first kappa shape index (κ1) is 19.5. The van der Waals surface area contributed by atoms with Crippen LogP contribution < -0.4 is 9.60 Å². The highest BCUT2D eigenvalue weighted by atomic mass is 32.2. The van der Waals surface area contributed by atoms with Crippen LogP contribution in [-0.2, 0) is 10.0 Å². The molecular formula is C18H27N3O3S2. The van der Waals surface area contributed by atoms with Gasteiger partial charge < -0.3 is 4.90 Å². The van der Waals surface area contributed by atoms with Crippen LogP contribution in [-0.4, -0.2) is 44.1 Å². The minimum atomic E-state index is -3.55. The number of benzene rings is 1. The molecule has 1 aliphatic rings. The number of hydrogen-bond acceptors (Lipinski definition) is 5. The molecule has 0 amide bonds. The molecule has 1 aliphatic heterocycles. The summed E-state index contributed by atoms with van der Waals surface area (Å²) in [6.07, 6.45) is 4.59. The van der Waals surface area contributed by atoms with Gasteiger partial charge in [0.1, 0.15) is 0 Å². The summed E-state index contributed by atoms with van der Waals surface area (Å²) < 4.78 is 30.2. The molecule has 1 saturated heterocycles. The number of nitrogens with zero attached hydrogens (tertiary/aromatic N) is 2. The van der Waals surface area contributed by atoms with E-state index in [1.165, 1.54) is 19.3 Å². The SMILES string of the molecule is CC(C)n1c(=O)sc2cc(S(=O)(=O)NCCCN3CCCCC3)ccc21. The Balaban J connectivity index is 1.66. The van der Waals surface area contributed by atoms with Gasteiger partial charge in [-0.3, -0.25) is 9.36 Å². The van der Waals surface area contributed by atoms with Gasteiger partial charge in [-0.2, -0.15) is 0 Å². The van der Waals surface area contributed by atoms with Crippen molar-refractivity contribution in [2.45, 2.75) is 50.5 Å². The highest BCUT2D eigenvalue weighted by Crippen LogP contribution is 2.24. The molecule has 144 valence electrons. The molecule has 0 atom stereocenters. The Morgan fingerprint density at radius 3 is 2.62 bits per heavy atom. The number of fused-ring (bicyclic) bond motifs is 1. The highest BCUT2D eigenvalue weighted by molar-refractivity contribution is 7.89. The van der Waals surface area contributed by atoms with Crippen molar-refractivity contribution in [1.82, 2.24) is 14.2 Å². The first-order chi connectivity index (χ1) is 12.4. The Kier molecular flexibility index (Phi) is 6.17. The number of thiazole rings is 1. The molecule has 26 heavy (non-hydrogen) atoms. The largest absolute Gasteiger partial charge is 0.308 e. The van der Waals surface area contributed by atoms with Crippen LogP contribution in [0, 0.1) is 0 Å². The standard InChI is InChI=1S/C18H27N3O3S2/c1-14(2)21-16-8-7-15(13-17(16)25-18(21)22)26(23,24)19-9-6-12-20-10-4-3-5-11-20/h7-8,13-14,19H,3-6,9-12H2,1-2H3. The van der Waals surface area contributed by atoms with Gasteiger partial charge in [0.05, 0.1) is 15.1 Å². The van der Waals surface area contributed by atoms with Crippen LogP contribution in [0.1, 0.15) is 45.6 Å². The van der Waals surface area contributed by atoms with Crippen LogP contribution >= 0.6 is 11.3 Å². The summed E-state index contributed by atoms with van der Waals surface area (Å²) in [5, 5.41) is 0. The van der Waals surface area contributed by atoms with Gasteiger partial charge in [0.2, 0.25) is 10.0 Å². The molecule has 1 aromatic carbocycles. The first-order valence-electron chi connectivity index (χ1n) is 9.25. The van der Waals surface area contributed by atoms with E-state index in [0.717, 1.165) is 42.9 Å². The van der Waals surface area contributed by atoms with Crippen LogP contribution in [0.5, 0.6) is 0 Å². The second-order valence-corrected chi connectivity index (χ2v) is 9.88. The molecule has 0 aliphatic carbocycles. The van der Waals surface area contributed by atoms with E-state index >= 15 is 0 Å². The van der Waals surface area contributed by atoms with E-state index in [0.29, 0.717) is 11.2 Å². The van der Waals surface area contributed by atoms with E-state index in [9.17, 15) is 13.2 Å². The summed E-state index contributed by atoms with van der Waals surface area (Å²) in [4.78, 5) is 14.7. The zero-order valence-electron chi connectivity index (χ0n) is 15.4. The fraction of sp³-hybridized carbons (Fsp3) is 0.611. The van der Waals surface area contributed by atoms with Crippen LogP contribution in [0.3, 0.4) is 0 Å². The van der Waals surface area contributed by atoms with Crippen LogP contribution in [0.4, 0.5) is 0 Å². The summed E-state index contributed by atoms with van der Waals surface area (Å²) >= 11 is 1.09. The van der Waals surface area contributed by atoms with Crippen molar-refractivity contribution in [3.63, 3.8) is 0 Å². The Labute approximate surface area is 158 Å². The molecule has 1 N–H and O–H groups in total. The molecular weight excluding hydrogens is 370 g/mol. The lowest BCUT2D eigenvalue weighted by molar-refractivity contribution is 0.227. The van der Waals surface area contributed by atoms with Gasteiger partial charge in [-0.15, -0.1) is 0 Å². The second-order valence-electron chi connectivity index (χ2n) is 7.11. The maximum absolute atomic E-state index is 12.5. The number of sulfonamides is 1. The molecule has 0 unspecified atom stereocenters. The zero-order valence-corrected chi connectivity index (χ0v) is 17.0. The lowest BCUT2D eigenvalue weighted by Crippen LogP contribution is -2.33. The molecule has 6 nitrogen and oxygen atoms in total. The second kappa shape index (κ2) is 8.21. The number of likely N-dealkylation sites (tertiary alicyclic amines) is 1. The summed E-state index contributed by atoms with van der Waals surface area (Å²) in [6, 6.07) is 4.97. The molecule has 2 heterocycles. The quantitative estimate of drug-likeness (QED) is 0.729. The Bertz CT molecular complexity index is 909. The van der Waals surface area contributed by atoms with Gasteiger partial charge in [0.25, 0.3) is 0 Å². The fourth-order valence-electron chi connectivity index (χ4n) is 3.45. The first-order valence-corrected chi connectivity index (χ1v) is 11.6. The number of nitrogens with one attached hydrogen (secondary N) is 1. The van der Waals surface area contributed by atoms with Crippen molar-refractivity contribution in [3.8, 4) is 0 Å². The topological polar surface area (TPSA) is 71.4 Å². The van der Waals surface area contributed by atoms with Gasteiger partial charge in [-0.25, -0.2) is 13.1 Å². The van der Waals surface area contributed by atoms with E-state index in [1.54, 1.807) is 22.8 Å². The smallest absolute Gasteiger partial charge is 0.303 e. The van der Waals surface area contributed by atoms with Gasteiger partial charge in [-0.1, -0.05) is 17.8 Å². The molecule has 3 rings (SSSR count). The molecule has 2 aromatic rings. The molecule has 0 radical (unpaired) electrons. The number of hydrogen-bond donors (Lipinski definition) is 1. The van der Waals surface area contributed by atoms with E-state index < -0.39 is 10.0 Å². The maximum atomic E-state index is 12.5. The third kappa shape index (κ3) is 4.36. The van der Waals surface area contributed by atoms with E-state index in [2.05, 4.69) is 9.62 Å². The van der Waals surface area contributed by atoms with Crippen molar-refractivity contribution in [3.05, 3.63) is 27.9 Å². The Morgan fingerprint density at radius 2 is 1.92 bits per heavy atom. The fourth-order valence-corrected chi connectivity index (χ4v) is 5.68. The minimum absolute atomic E-state index is 0.0478.